The maximum absolute atomic E-state index is 3.68. The summed E-state index contributed by atoms with van der Waals surface area (Å²) in [7, 11) is 4.41. The van der Waals surface area contributed by atoms with Crippen LogP contribution in [0.4, 0.5) is 0 Å². The molecule has 0 aromatic heterocycles. The molecule has 1 unspecified atom stereocenters. The predicted octanol–water partition coefficient (Wildman–Crippen LogP) is 3.07. The second-order valence-electron chi connectivity index (χ2n) is 6.71. The molecule has 1 aliphatic heterocycles. The summed E-state index contributed by atoms with van der Waals surface area (Å²) in [6, 6.07) is 0.795. The summed E-state index contributed by atoms with van der Waals surface area (Å²) in [5.41, 5.74) is 0.405. The van der Waals surface area contributed by atoms with Crippen molar-refractivity contribution in [2.45, 2.75) is 39.7 Å². The zero-order chi connectivity index (χ0) is 13.1. The molecule has 1 heterocycles. The van der Waals surface area contributed by atoms with E-state index < -0.39 is 0 Å². The van der Waals surface area contributed by atoms with Crippen LogP contribution in [0.3, 0.4) is 0 Å². The second kappa shape index (κ2) is 6.53. The molecule has 1 rings (SSSR count). The summed E-state index contributed by atoms with van der Waals surface area (Å²) in [4.78, 5) is 5.03. The fourth-order valence-corrected chi connectivity index (χ4v) is 3.66. The minimum absolute atomic E-state index is 0.405. The molecule has 0 amide bonds. The molecular weight excluding hydrogens is 276 g/mol. The number of alkyl halides is 1. The van der Waals surface area contributed by atoms with Crippen LogP contribution in [0.25, 0.3) is 0 Å². The van der Waals surface area contributed by atoms with E-state index in [1.54, 1.807) is 0 Å². The summed E-state index contributed by atoms with van der Waals surface area (Å²) in [6.07, 6.45) is 2.65. The lowest BCUT2D eigenvalue weighted by Gasteiger charge is -2.39. The molecule has 3 heteroatoms. The molecule has 0 bridgehead atoms. The molecule has 0 spiro atoms. The highest BCUT2D eigenvalue weighted by atomic mass is 79.9. The molecule has 102 valence electrons. The molecule has 1 atom stereocenters. The van der Waals surface area contributed by atoms with E-state index >= 15 is 0 Å². The van der Waals surface area contributed by atoms with Crippen molar-refractivity contribution in [2.75, 3.05) is 39.1 Å². The van der Waals surface area contributed by atoms with Gasteiger partial charge in [-0.1, -0.05) is 36.7 Å². The van der Waals surface area contributed by atoms with Crippen LogP contribution in [0, 0.1) is 11.3 Å². The van der Waals surface area contributed by atoms with E-state index in [4.69, 9.17) is 0 Å². The van der Waals surface area contributed by atoms with Crippen molar-refractivity contribution in [1.29, 1.82) is 0 Å². The van der Waals surface area contributed by atoms with Gasteiger partial charge in [0.05, 0.1) is 0 Å². The zero-order valence-electron chi connectivity index (χ0n) is 12.2. The number of hydrogen-bond acceptors (Lipinski definition) is 2. The van der Waals surface area contributed by atoms with E-state index in [1.165, 1.54) is 32.5 Å². The molecule has 1 fully saturated rings. The van der Waals surface area contributed by atoms with Gasteiger partial charge in [0.2, 0.25) is 0 Å². The molecule has 0 N–H and O–H groups in total. The van der Waals surface area contributed by atoms with Crippen LogP contribution in [0.1, 0.15) is 33.6 Å². The highest BCUT2D eigenvalue weighted by molar-refractivity contribution is 9.09. The van der Waals surface area contributed by atoms with Crippen molar-refractivity contribution in [3.8, 4) is 0 Å². The van der Waals surface area contributed by atoms with E-state index in [2.05, 4.69) is 60.6 Å². The van der Waals surface area contributed by atoms with Gasteiger partial charge >= 0.3 is 0 Å². The fourth-order valence-electron chi connectivity index (χ4n) is 2.48. The standard InChI is InChI=1S/C14H29BrN2/c1-14(2,3)12(10-15)11-17-8-6-13(7-9-17)16(4)5/h12-13H,6-11H2,1-5H3. The summed E-state index contributed by atoms with van der Waals surface area (Å²) < 4.78 is 0. The van der Waals surface area contributed by atoms with E-state index in [-0.39, 0.29) is 0 Å². The van der Waals surface area contributed by atoms with E-state index in [1.807, 2.05) is 0 Å². The lowest BCUT2D eigenvalue weighted by Crippen LogP contribution is -2.45. The predicted molar refractivity (Wildman–Crippen MR) is 79.9 cm³/mol. The Morgan fingerprint density at radius 3 is 2.12 bits per heavy atom. The van der Waals surface area contributed by atoms with Crippen LogP contribution >= 0.6 is 15.9 Å². The number of piperidine rings is 1. The number of halogens is 1. The van der Waals surface area contributed by atoms with Crippen molar-refractivity contribution in [2.24, 2.45) is 11.3 Å². The smallest absolute Gasteiger partial charge is 0.0113 e. The Bertz CT molecular complexity index is 215. The molecule has 0 saturated carbocycles. The van der Waals surface area contributed by atoms with Gasteiger partial charge in [0.1, 0.15) is 0 Å². The third kappa shape index (κ3) is 4.88. The van der Waals surface area contributed by atoms with Crippen LogP contribution in [-0.4, -0.2) is 54.9 Å². The van der Waals surface area contributed by atoms with Gasteiger partial charge in [0, 0.05) is 17.9 Å². The molecule has 0 aliphatic carbocycles. The fraction of sp³-hybridized carbons (Fsp3) is 1.00. The summed E-state index contributed by atoms with van der Waals surface area (Å²) >= 11 is 3.68. The zero-order valence-corrected chi connectivity index (χ0v) is 13.8. The Morgan fingerprint density at radius 1 is 1.24 bits per heavy atom. The Kier molecular flexibility index (Phi) is 5.94. The van der Waals surface area contributed by atoms with E-state index in [0.717, 1.165) is 17.3 Å². The Balaban J connectivity index is 2.39. The van der Waals surface area contributed by atoms with Gasteiger partial charge in [0.25, 0.3) is 0 Å². The Morgan fingerprint density at radius 2 is 1.76 bits per heavy atom. The van der Waals surface area contributed by atoms with Crippen molar-refractivity contribution < 1.29 is 0 Å². The van der Waals surface area contributed by atoms with Crippen molar-refractivity contribution >= 4 is 15.9 Å². The quantitative estimate of drug-likeness (QED) is 0.737. The minimum Gasteiger partial charge on any atom is -0.306 e. The maximum atomic E-state index is 3.68. The van der Waals surface area contributed by atoms with Crippen LogP contribution in [0.5, 0.6) is 0 Å². The molecular formula is C14H29BrN2. The summed E-state index contributed by atoms with van der Waals surface area (Å²) in [6.45, 7) is 10.8. The number of hydrogen-bond donors (Lipinski definition) is 0. The first-order valence-corrected chi connectivity index (χ1v) is 7.91. The number of nitrogens with zero attached hydrogens (tertiary/aromatic N) is 2. The third-order valence-corrected chi connectivity index (χ3v) is 4.96. The average molecular weight is 305 g/mol. The lowest BCUT2D eigenvalue weighted by atomic mass is 9.81. The number of likely N-dealkylation sites (tertiary alicyclic amines) is 1. The Labute approximate surface area is 116 Å². The monoisotopic (exact) mass is 304 g/mol. The third-order valence-electron chi connectivity index (χ3n) is 4.18. The van der Waals surface area contributed by atoms with Gasteiger partial charge in [-0.25, -0.2) is 0 Å². The average Bonchev–Trinajstić information content (AvgIpc) is 2.24. The van der Waals surface area contributed by atoms with Gasteiger partial charge in [-0.05, 0) is 51.4 Å². The first-order valence-electron chi connectivity index (χ1n) is 6.79. The van der Waals surface area contributed by atoms with Crippen molar-refractivity contribution in [3.05, 3.63) is 0 Å². The highest BCUT2D eigenvalue weighted by Crippen LogP contribution is 2.29. The number of rotatable bonds is 4. The molecule has 17 heavy (non-hydrogen) atoms. The van der Waals surface area contributed by atoms with Crippen molar-refractivity contribution in [1.82, 2.24) is 9.80 Å². The normalized spacial score (nSPS) is 22.1. The molecule has 1 saturated heterocycles. The Hall–Kier alpha value is 0.400. The van der Waals surface area contributed by atoms with Crippen LogP contribution in [0.2, 0.25) is 0 Å². The van der Waals surface area contributed by atoms with Crippen LogP contribution < -0.4 is 0 Å². The van der Waals surface area contributed by atoms with Gasteiger partial charge < -0.3 is 9.80 Å². The first-order chi connectivity index (χ1) is 7.84. The first kappa shape index (κ1) is 15.5. The molecule has 0 aromatic carbocycles. The lowest BCUT2D eigenvalue weighted by molar-refractivity contribution is 0.107. The minimum atomic E-state index is 0.405. The topological polar surface area (TPSA) is 6.48 Å². The largest absolute Gasteiger partial charge is 0.306 e. The summed E-state index contributed by atoms with van der Waals surface area (Å²) in [5.74, 6) is 0.749. The highest BCUT2D eigenvalue weighted by Gasteiger charge is 2.28. The van der Waals surface area contributed by atoms with E-state index in [0.29, 0.717) is 5.41 Å². The maximum Gasteiger partial charge on any atom is 0.0113 e. The molecule has 1 aliphatic rings. The molecule has 0 aromatic rings. The van der Waals surface area contributed by atoms with Gasteiger partial charge in [-0.2, -0.15) is 0 Å². The molecule has 0 radical (unpaired) electrons. The van der Waals surface area contributed by atoms with Gasteiger partial charge in [-0.3, -0.25) is 0 Å². The van der Waals surface area contributed by atoms with E-state index in [9.17, 15) is 0 Å². The van der Waals surface area contributed by atoms with Crippen molar-refractivity contribution in [3.63, 3.8) is 0 Å². The van der Waals surface area contributed by atoms with Gasteiger partial charge in [-0.15, -0.1) is 0 Å². The van der Waals surface area contributed by atoms with Crippen LogP contribution in [-0.2, 0) is 0 Å². The van der Waals surface area contributed by atoms with Gasteiger partial charge in [0.15, 0.2) is 0 Å². The molecule has 2 nitrogen and oxygen atoms in total. The van der Waals surface area contributed by atoms with Crippen LogP contribution in [0.15, 0.2) is 0 Å². The second-order valence-corrected chi connectivity index (χ2v) is 7.36. The SMILES string of the molecule is CN(C)C1CCN(CC(CBr)C(C)(C)C)CC1. The summed E-state index contributed by atoms with van der Waals surface area (Å²) in [5, 5.41) is 1.12.